The molecule has 0 aliphatic heterocycles. The molecule has 2 aliphatic carbocycles. The average Bonchev–Trinajstić information content (AvgIpc) is 2.97. The van der Waals surface area contributed by atoms with Crippen LogP contribution in [0.5, 0.6) is 0 Å². The van der Waals surface area contributed by atoms with Gasteiger partial charge < -0.3 is 5.32 Å². The van der Waals surface area contributed by atoms with Crippen LogP contribution in [0.1, 0.15) is 42.5 Å². The van der Waals surface area contributed by atoms with Gasteiger partial charge in [-0.15, -0.1) is 11.3 Å². The van der Waals surface area contributed by atoms with Crippen molar-refractivity contribution in [2.75, 3.05) is 5.32 Å². The highest BCUT2D eigenvalue weighted by atomic mass is 32.1. The van der Waals surface area contributed by atoms with E-state index in [1.54, 1.807) is 11.3 Å². The van der Waals surface area contributed by atoms with Gasteiger partial charge in [-0.1, -0.05) is 0 Å². The predicted octanol–water partition coefficient (Wildman–Crippen LogP) is 3.37. The molecule has 2 nitrogen and oxygen atoms in total. The topological polar surface area (TPSA) is 29.1 Å². The second-order valence-corrected chi connectivity index (χ2v) is 6.10. The van der Waals surface area contributed by atoms with Crippen LogP contribution in [0, 0.1) is 5.92 Å². The minimum atomic E-state index is 0.209. The van der Waals surface area contributed by atoms with E-state index < -0.39 is 0 Å². The lowest BCUT2D eigenvalue weighted by Gasteiger charge is -2.08. The van der Waals surface area contributed by atoms with E-state index in [1.807, 2.05) is 0 Å². The summed E-state index contributed by atoms with van der Waals surface area (Å²) in [7, 11) is 0. The number of thiophene rings is 1. The Kier molecular flexibility index (Phi) is 2.72. The molecule has 0 bridgehead atoms. The van der Waals surface area contributed by atoms with Crippen LogP contribution in [0.2, 0.25) is 0 Å². The van der Waals surface area contributed by atoms with Crippen molar-refractivity contribution < 1.29 is 4.79 Å². The van der Waals surface area contributed by atoms with Crippen LogP contribution in [0.4, 0.5) is 5.00 Å². The first-order valence-corrected chi connectivity index (χ1v) is 7.04. The van der Waals surface area contributed by atoms with Gasteiger partial charge in [-0.25, -0.2) is 0 Å². The van der Waals surface area contributed by atoms with Crippen molar-refractivity contribution in [2.24, 2.45) is 5.92 Å². The summed E-state index contributed by atoms with van der Waals surface area (Å²) in [5.41, 5.74) is 1.47. The number of amides is 1. The molecule has 86 valence electrons. The van der Waals surface area contributed by atoms with Crippen molar-refractivity contribution in [1.29, 1.82) is 0 Å². The molecule has 0 unspecified atom stereocenters. The number of anilines is 1. The smallest absolute Gasteiger partial charge is 0.225 e. The number of hydrogen-bond donors (Lipinski definition) is 1. The van der Waals surface area contributed by atoms with Gasteiger partial charge in [0.25, 0.3) is 0 Å². The fraction of sp³-hybridized carbons (Fsp3) is 0.615. The number of aryl methyl sites for hydroxylation is 2. The molecule has 1 fully saturated rings. The van der Waals surface area contributed by atoms with Gasteiger partial charge in [0.2, 0.25) is 5.91 Å². The number of fused-ring (bicyclic) bond motifs is 1. The lowest BCUT2D eigenvalue weighted by atomic mass is 10.00. The first-order chi connectivity index (χ1) is 7.81. The summed E-state index contributed by atoms with van der Waals surface area (Å²) in [6.07, 6.45) is 8.23. The molecule has 0 saturated heterocycles. The standard InChI is InChI=1S/C13H17NOS/c15-12(7-9-5-6-9)14-13-8-10-3-1-2-4-11(10)16-13/h8-9H,1-7H2,(H,14,15). The van der Waals surface area contributed by atoms with Crippen molar-refractivity contribution in [2.45, 2.75) is 44.9 Å². The van der Waals surface area contributed by atoms with Gasteiger partial charge in [0.15, 0.2) is 0 Å². The van der Waals surface area contributed by atoms with Crippen molar-refractivity contribution in [3.05, 3.63) is 16.5 Å². The molecular formula is C13H17NOS. The van der Waals surface area contributed by atoms with Crippen LogP contribution in [-0.2, 0) is 17.6 Å². The number of carbonyl (C=O) groups excluding carboxylic acids is 1. The van der Waals surface area contributed by atoms with Gasteiger partial charge in [-0.05, 0) is 56.1 Å². The largest absolute Gasteiger partial charge is 0.318 e. The first kappa shape index (κ1) is 10.3. The molecule has 0 radical (unpaired) electrons. The molecule has 3 heteroatoms. The molecule has 16 heavy (non-hydrogen) atoms. The molecule has 1 heterocycles. The Morgan fingerprint density at radius 3 is 2.94 bits per heavy atom. The molecule has 3 rings (SSSR count). The average molecular weight is 235 g/mol. The molecule has 1 aromatic heterocycles. The first-order valence-electron chi connectivity index (χ1n) is 6.23. The third kappa shape index (κ3) is 2.29. The summed E-state index contributed by atoms with van der Waals surface area (Å²) in [4.78, 5) is 13.2. The van der Waals surface area contributed by atoms with Crippen LogP contribution < -0.4 is 5.32 Å². The third-order valence-corrected chi connectivity index (χ3v) is 4.58. The van der Waals surface area contributed by atoms with Crippen molar-refractivity contribution in [3.63, 3.8) is 0 Å². The zero-order valence-electron chi connectivity index (χ0n) is 9.42. The molecule has 2 aliphatic rings. The summed E-state index contributed by atoms with van der Waals surface area (Å²) in [5, 5.41) is 4.12. The quantitative estimate of drug-likeness (QED) is 0.855. The van der Waals surface area contributed by atoms with Crippen LogP contribution in [0.15, 0.2) is 6.07 Å². The van der Waals surface area contributed by atoms with Crippen LogP contribution >= 0.6 is 11.3 Å². The lowest BCUT2D eigenvalue weighted by molar-refractivity contribution is -0.116. The number of nitrogens with one attached hydrogen (secondary N) is 1. The molecule has 0 atom stereocenters. The van der Waals surface area contributed by atoms with Crippen LogP contribution in [0.25, 0.3) is 0 Å². The van der Waals surface area contributed by atoms with Crippen molar-refractivity contribution in [1.82, 2.24) is 0 Å². The van der Waals surface area contributed by atoms with Gasteiger partial charge in [0, 0.05) is 11.3 Å². The Hall–Kier alpha value is -0.830. The van der Waals surface area contributed by atoms with E-state index in [0.29, 0.717) is 5.92 Å². The van der Waals surface area contributed by atoms with Gasteiger partial charge in [-0.2, -0.15) is 0 Å². The second-order valence-electron chi connectivity index (χ2n) is 4.96. The zero-order valence-corrected chi connectivity index (χ0v) is 10.2. The SMILES string of the molecule is O=C(CC1CC1)Nc1cc2c(s1)CCCC2. The maximum absolute atomic E-state index is 11.7. The fourth-order valence-corrected chi connectivity index (χ4v) is 3.49. The van der Waals surface area contributed by atoms with Gasteiger partial charge in [-0.3, -0.25) is 4.79 Å². The highest BCUT2D eigenvalue weighted by Gasteiger charge is 2.24. The van der Waals surface area contributed by atoms with Gasteiger partial charge >= 0.3 is 0 Å². The number of carbonyl (C=O) groups is 1. The Labute approximate surface area is 100 Å². The Balaban J connectivity index is 1.64. The summed E-state index contributed by atoms with van der Waals surface area (Å²) in [5.74, 6) is 0.885. The van der Waals surface area contributed by atoms with E-state index in [2.05, 4.69) is 11.4 Å². The van der Waals surface area contributed by atoms with Crippen molar-refractivity contribution in [3.8, 4) is 0 Å². The highest BCUT2D eigenvalue weighted by Crippen LogP contribution is 2.35. The summed E-state index contributed by atoms with van der Waals surface area (Å²) >= 11 is 1.78. The molecule has 0 aromatic carbocycles. The van der Waals surface area contributed by atoms with E-state index in [0.717, 1.165) is 11.4 Å². The maximum atomic E-state index is 11.7. The number of hydrogen-bond acceptors (Lipinski definition) is 2. The zero-order chi connectivity index (χ0) is 11.0. The molecular weight excluding hydrogens is 218 g/mol. The van der Waals surface area contributed by atoms with Gasteiger partial charge in [0.05, 0.1) is 5.00 Å². The van der Waals surface area contributed by atoms with E-state index >= 15 is 0 Å². The molecule has 1 saturated carbocycles. The minimum Gasteiger partial charge on any atom is -0.318 e. The monoisotopic (exact) mass is 235 g/mol. The normalized spacial score (nSPS) is 19.2. The third-order valence-electron chi connectivity index (χ3n) is 3.43. The van der Waals surface area contributed by atoms with E-state index in [4.69, 9.17) is 0 Å². The Morgan fingerprint density at radius 2 is 2.19 bits per heavy atom. The predicted molar refractivity (Wildman–Crippen MR) is 66.9 cm³/mol. The van der Waals surface area contributed by atoms with Gasteiger partial charge in [0.1, 0.15) is 0 Å². The van der Waals surface area contributed by atoms with E-state index in [9.17, 15) is 4.79 Å². The number of rotatable bonds is 3. The van der Waals surface area contributed by atoms with Crippen LogP contribution in [0.3, 0.4) is 0 Å². The molecule has 0 spiro atoms. The summed E-state index contributed by atoms with van der Waals surface area (Å²) in [6, 6.07) is 2.18. The van der Waals surface area contributed by atoms with Crippen molar-refractivity contribution >= 4 is 22.2 Å². The minimum absolute atomic E-state index is 0.209. The highest BCUT2D eigenvalue weighted by molar-refractivity contribution is 7.16. The molecule has 1 amide bonds. The maximum Gasteiger partial charge on any atom is 0.225 e. The Bertz CT molecular complexity index is 383. The second kappa shape index (κ2) is 4.21. The van der Waals surface area contributed by atoms with E-state index in [-0.39, 0.29) is 5.91 Å². The molecule has 1 aromatic rings. The molecule has 1 N–H and O–H groups in total. The Morgan fingerprint density at radius 1 is 1.38 bits per heavy atom. The fourth-order valence-electron chi connectivity index (χ4n) is 2.32. The summed E-state index contributed by atoms with van der Waals surface area (Å²) in [6.45, 7) is 0. The van der Waals surface area contributed by atoms with Crippen LogP contribution in [-0.4, -0.2) is 5.91 Å². The van der Waals surface area contributed by atoms with E-state index in [1.165, 1.54) is 49.0 Å². The lowest BCUT2D eigenvalue weighted by Crippen LogP contribution is -2.10. The summed E-state index contributed by atoms with van der Waals surface area (Å²) < 4.78 is 0.